The molecule has 5 rings (SSSR count). The number of hydrogen-bond donors (Lipinski definition) is 2. The number of nitrogens with one attached hydrogen (secondary N) is 2. The Labute approximate surface area is 185 Å². The highest BCUT2D eigenvalue weighted by molar-refractivity contribution is 6.07. The normalized spacial score (nSPS) is 17.3. The number of pyridine rings is 1. The molecule has 1 aromatic carbocycles. The summed E-state index contributed by atoms with van der Waals surface area (Å²) in [6, 6.07) is 13.1. The minimum atomic E-state index is -0.757. The largest absolute Gasteiger partial charge is 0.325 e. The molecule has 0 bridgehead atoms. The van der Waals surface area contributed by atoms with Crippen LogP contribution in [0.1, 0.15) is 37.7 Å². The second kappa shape index (κ2) is 7.78. The zero-order chi connectivity index (χ0) is 22.3. The molecule has 3 heterocycles. The van der Waals surface area contributed by atoms with E-state index in [9.17, 15) is 14.4 Å². The number of rotatable bonds is 5. The molecule has 1 saturated heterocycles. The van der Waals surface area contributed by atoms with Crippen molar-refractivity contribution in [2.45, 2.75) is 44.6 Å². The number of aryl methyl sites for hydroxylation is 1. The lowest BCUT2D eigenvalue weighted by Crippen LogP contribution is -2.44. The molecule has 164 valence electrons. The lowest BCUT2D eigenvalue weighted by molar-refractivity contribution is -0.131. The average molecular weight is 431 g/mol. The molecule has 8 nitrogen and oxygen atoms in total. The fourth-order valence-corrected chi connectivity index (χ4v) is 4.73. The van der Waals surface area contributed by atoms with Crippen molar-refractivity contribution in [3.8, 4) is 11.3 Å². The lowest BCUT2D eigenvalue weighted by atomic mass is 9.98. The zero-order valence-electron chi connectivity index (χ0n) is 17.9. The van der Waals surface area contributed by atoms with Gasteiger partial charge in [0.2, 0.25) is 5.91 Å². The van der Waals surface area contributed by atoms with Crippen LogP contribution >= 0.6 is 0 Å². The number of benzene rings is 1. The molecule has 1 aliphatic carbocycles. The Kier molecular flexibility index (Phi) is 4.92. The van der Waals surface area contributed by atoms with Gasteiger partial charge in [-0.25, -0.2) is 9.78 Å². The number of imidazole rings is 1. The molecular weight excluding hydrogens is 406 g/mol. The molecule has 0 unspecified atom stereocenters. The molecule has 2 aromatic heterocycles. The Balaban J connectivity index is 1.37. The summed E-state index contributed by atoms with van der Waals surface area (Å²) >= 11 is 0. The molecular formula is C24H25N5O3. The number of anilines is 1. The Morgan fingerprint density at radius 2 is 1.88 bits per heavy atom. The Morgan fingerprint density at radius 3 is 2.62 bits per heavy atom. The molecule has 2 fully saturated rings. The summed E-state index contributed by atoms with van der Waals surface area (Å²) < 4.78 is 1.86. The fourth-order valence-electron chi connectivity index (χ4n) is 4.73. The standard InChI is InChI=1S/C24H25N5O3/c1-16-8-7-14-28-20(16)26-19(17-9-3-2-4-10-17)21(28)25-18(30)11-15-29-22(31)24(27-23(29)32)12-5-6-13-24/h2-4,7-10,14H,5-6,11-13,15H2,1H3,(H,25,30)(H,27,32). The van der Waals surface area contributed by atoms with Gasteiger partial charge in [-0.1, -0.05) is 49.2 Å². The Morgan fingerprint density at radius 1 is 1.12 bits per heavy atom. The van der Waals surface area contributed by atoms with Gasteiger partial charge in [-0.05, 0) is 31.4 Å². The number of fused-ring (bicyclic) bond motifs is 1. The average Bonchev–Trinajstić information content (AvgIpc) is 3.46. The summed E-state index contributed by atoms with van der Waals surface area (Å²) in [6.45, 7) is 2.02. The predicted molar refractivity (Wildman–Crippen MR) is 120 cm³/mol. The van der Waals surface area contributed by atoms with E-state index in [1.54, 1.807) is 0 Å². The number of carbonyl (C=O) groups is 3. The van der Waals surface area contributed by atoms with Crippen molar-refractivity contribution >= 4 is 29.3 Å². The Hall–Kier alpha value is -3.68. The predicted octanol–water partition coefficient (Wildman–Crippen LogP) is 3.50. The number of imide groups is 1. The number of hydrogen-bond acceptors (Lipinski definition) is 4. The zero-order valence-corrected chi connectivity index (χ0v) is 17.9. The van der Waals surface area contributed by atoms with Crippen LogP contribution in [-0.4, -0.2) is 44.2 Å². The van der Waals surface area contributed by atoms with E-state index in [4.69, 9.17) is 4.98 Å². The minimum absolute atomic E-state index is 0.0164. The van der Waals surface area contributed by atoms with Crippen molar-refractivity contribution in [3.63, 3.8) is 0 Å². The van der Waals surface area contributed by atoms with Gasteiger partial charge < -0.3 is 10.6 Å². The number of aromatic nitrogens is 2. The molecule has 8 heteroatoms. The first-order valence-electron chi connectivity index (χ1n) is 11.0. The molecule has 3 aromatic rings. The van der Waals surface area contributed by atoms with Gasteiger partial charge in [-0.15, -0.1) is 0 Å². The van der Waals surface area contributed by atoms with Crippen molar-refractivity contribution in [2.75, 3.05) is 11.9 Å². The first-order chi connectivity index (χ1) is 15.5. The quantitative estimate of drug-likeness (QED) is 0.605. The number of carbonyl (C=O) groups excluding carboxylic acids is 3. The van der Waals surface area contributed by atoms with E-state index < -0.39 is 11.6 Å². The number of nitrogens with zero attached hydrogens (tertiary/aromatic N) is 3. The minimum Gasteiger partial charge on any atom is -0.323 e. The van der Waals surface area contributed by atoms with Crippen LogP contribution in [0, 0.1) is 6.92 Å². The third kappa shape index (κ3) is 3.32. The van der Waals surface area contributed by atoms with Gasteiger partial charge in [0.1, 0.15) is 22.7 Å². The van der Waals surface area contributed by atoms with Crippen molar-refractivity contribution in [1.82, 2.24) is 19.6 Å². The number of urea groups is 1. The van der Waals surface area contributed by atoms with Gasteiger partial charge in [0.15, 0.2) is 0 Å². The smallest absolute Gasteiger partial charge is 0.323 e. The van der Waals surface area contributed by atoms with Crippen LogP contribution in [0.15, 0.2) is 48.7 Å². The molecule has 1 spiro atoms. The second-order valence-corrected chi connectivity index (χ2v) is 8.53. The maximum absolute atomic E-state index is 12.9. The van der Waals surface area contributed by atoms with Crippen LogP contribution in [0.25, 0.3) is 16.9 Å². The first kappa shape index (κ1) is 20.2. The van der Waals surface area contributed by atoms with E-state index in [0.717, 1.165) is 29.6 Å². The molecule has 0 atom stereocenters. The molecule has 1 saturated carbocycles. The van der Waals surface area contributed by atoms with Gasteiger partial charge >= 0.3 is 6.03 Å². The van der Waals surface area contributed by atoms with Crippen LogP contribution in [0.2, 0.25) is 0 Å². The molecule has 2 N–H and O–H groups in total. The number of amides is 4. The van der Waals surface area contributed by atoms with Crippen molar-refractivity contribution in [1.29, 1.82) is 0 Å². The van der Waals surface area contributed by atoms with Crippen LogP contribution in [-0.2, 0) is 9.59 Å². The van der Waals surface area contributed by atoms with Crippen LogP contribution in [0.5, 0.6) is 0 Å². The van der Waals surface area contributed by atoms with Crippen LogP contribution in [0.3, 0.4) is 0 Å². The van der Waals surface area contributed by atoms with Crippen molar-refractivity contribution in [2.24, 2.45) is 0 Å². The SMILES string of the molecule is Cc1cccn2c(NC(=O)CCN3C(=O)NC4(CCCC4)C3=O)c(-c3ccccc3)nc12. The van der Waals surface area contributed by atoms with E-state index >= 15 is 0 Å². The van der Waals surface area contributed by atoms with Crippen molar-refractivity contribution < 1.29 is 14.4 Å². The highest BCUT2D eigenvalue weighted by atomic mass is 16.2. The van der Waals surface area contributed by atoms with Gasteiger partial charge in [-0.2, -0.15) is 0 Å². The lowest BCUT2D eigenvalue weighted by Gasteiger charge is -2.19. The van der Waals surface area contributed by atoms with Crippen LogP contribution in [0.4, 0.5) is 10.6 Å². The summed E-state index contributed by atoms with van der Waals surface area (Å²) in [5.74, 6) is 0.0889. The maximum atomic E-state index is 12.9. The Bertz CT molecular complexity index is 1210. The van der Waals surface area contributed by atoms with E-state index in [0.29, 0.717) is 24.4 Å². The summed E-state index contributed by atoms with van der Waals surface area (Å²) in [7, 11) is 0. The third-order valence-electron chi connectivity index (χ3n) is 6.42. The third-order valence-corrected chi connectivity index (χ3v) is 6.42. The van der Waals surface area contributed by atoms with Gasteiger partial charge in [0, 0.05) is 24.7 Å². The van der Waals surface area contributed by atoms with Gasteiger partial charge in [-0.3, -0.25) is 18.9 Å². The molecule has 1 aliphatic heterocycles. The fraction of sp³-hybridized carbons (Fsp3) is 0.333. The summed E-state index contributed by atoms with van der Waals surface area (Å²) in [6.07, 6.45) is 5.07. The summed E-state index contributed by atoms with van der Waals surface area (Å²) in [5, 5.41) is 5.82. The monoisotopic (exact) mass is 431 g/mol. The van der Waals surface area contributed by atoms with Gasteiger partial charge in [0.25, 0.3) is 5.91 Å². The highest BCUT2D eigenvalue weighted by Crippen LogP contribution is 2.35. The molecule has 2 aliphatic rings. The maximum Gasteiger partial charge on any atom is 0.325 e. The molecule has 32 heavy (non-hydrogen) atoms. The topological polar surface area (TPSA) is 95.8 Å². The van der Waals surface area contributed by atoms with Crippen LogP contribution < -0.4 is 10.6 Å². The molecule has 4 amide bonds. The summed E-state index contributed by atoms with van der Waals surface area (Å²) in [4.78, 5) is 44.0. The van der Waals surface area contributed by atoms with Crippen molar-refractivity contribution in [3.05, 3.63) is 54.2 Å². The summed E-state index contributed by atoms with van der Waals surface area (Å²) in [5.41, 5.74) is 2.56. The highest BCUT2D eigenvalue weighted by Gasteiger charge is 2.52. The van der Waals surface area contributed by atoms with E-state index in [-0.39, 0.29) is 24.8 Å². The second-order valence-electron chi connectivity index (χ2n) is 8.53. The van der Waals surface area contributed by atoms with E-state index in [2.05, 4.69) is 10.6 Å². The first-order valence-corrected chi connectivity index (χ1v) is 11.0. The van der Waals surface area contributed by atoms with E-state index in [1.165, 1.54) is 4.90 Å². The van der Waals surface area contributed by atoms with E-state index in [1.807, 2.05) is 60.0 Å². The molecule has 0 radical (unpaired) electrons. The van der Waals surface area contributed by atoms with Gasteiger partial charge in [0.05, 0.1) is 0 Å².